The zero-order valence-electron chi connectivity index (χ0n) is 15.9. The van der Waals surface area contributed by atoms with Gasteiger partial charge in [-0.25, -0.2) is 9.18 Å². The molecule has 146 valence electrons. The molecule has 0 aliphatic heterocycles. The Morgan fingerprint density at radius 2 is 1.89 bits per heavy atom. The van der Waals surface area contributed by atoms with Gasteiger partial charge >= 0.3 is 6.03 Å². The predicted molar refractivity (Wildman–Crippen MR) is 100 cm³/mol. The van der Waals surface area contributed by atoms with Crippen molar-refractivity contribution in [3.05, 3.63) is 59.3 Å². The van der Waals surface area contributed by atoms with E-state index in [1.54, 1.807) is 24.1 Å². The number of furan rings is 1. The molecule has 7 heteroatoms. The van der Waals surface area contributed by atoms with E-state index >= 15 is 0 Å². The quantitative estimate of drug-likeness (QED) is 0.743. The van der Waals surface area contributed by atoms with Gasteiger partial charge in [0.2, 0.25) is 5.91 Å². The van der Waals surface area contributed by atoms with Gasteiger partial charge in [-0.1, -0.05) is 25.5 Å². The fraction of sp³-hybridized carbons (Fsp3) is 0.400. The van der Waals surface area contributed by atoms with Gasteiger partial charge in [0, 0.05) is 13.6 Å². The van der Waals surface area contributed by atoms with E-state index in [-0.39, 0.29) is 18.3 Å². The first kappa shape index (κ1) is 20.5. The van der Waals surface area contributed by atoms with E-state index in [2.05, 4.69) is 10.6 Å². The maximum atomic E-state index is 12.9. The van der Waals surface area contributed by atoms with Gasteiger partial charge in [-0.05, 0) is 43.2 Å². The van der Waals surface area contributed by atoms with E-state index < -0.39 is 12.1 Å². The second-order valence-corrected chi connectivity index (χ2v) is 6.50. The van der Waals surface area contributed by atoms with Crippen molar-refractivity contribution < 1.29 is 18.4 Å². The number of amides is 3. The molecule has 0 bridgehead atoms. The number of aryl methyl sites for hydroxylation is 1. The van der Waals surface area contributed by atoms with Crippen LogP contribution < -0.4 is 10.6 Å². The fourth-order valence-corrected chi connectivity index (χ4v) is 2.69. The molecule has 0 fully saturated rings. The van der Waals surface area contributed by atoms with Crippen LogP contribution in [-0.2, 0) is 17.9 Å². The first-order chi connectivity index (χ1) is 12.9. The summed E-state index contributed by atoms with van der Waals surface area (Å²) in [4.78, 5) is 26.4. The lowest BCUT2D eigenvalue weighted by molar-refractivity contribution is -0.132. The summed E-state index contributed by atoms with van der Waals surface area (Å²) in [6.45, 7) is 4.39. The molecule has 0 aliphatic carbocycles. The highest BCUT2D eigenvalue weighted by molar-refractivity contribution is 5.86. The molecule has 0 aliphatic rings. The van der Waals surface area contributed by atoms with Crippen LogP contribution in [0.25, 0.3) is 0 Å². The molecule has 2 N–H and O–H groups in total. The summed E-state index contributed by atoms with van der Waals surface area (Å²) in [5.41, 5.74) is 0.773. The minimum atomic E-state index is -0.621. The number of rotatable bonds is 8. The van der Waals surface area contributed by atoms with Crippen molar-refractivity contribution in [3.63, 3.8) is 0 Å². The van der Waals surface area contributed by atoms with Crippen LogP contribution >= 0.6 is 0 Å². The first-order valence-electron chi connectivity index (χ1n) is 8.98. The number of halogens is 1. The van der Waals surface area contributed by atoms with E-state index in [4.69, 9.17) is 4.42 Å². The lowest BCUT2D eigenvalue weighted by Crippen LogP contribution is -2.50. The van der Waals surface area contributed by atoms with Crippen LogP contribution in [0.3, 0.4) is 0 Å². The van der Waals surface area contributed by atoms with Gasteiger partial charge in [-0.15, -0.1) is 0 Å². The van der Waals surface area contributed by atoms with Gasteiger partial charge in [0.15, 0.2) is 0 Å². The van der Waals surface area contributed by atoms with Crippen molar-refractivity contribution >= 4 is 11.9 Å². The number of nitrogens with zero attached hydrogens (tertiary/aromatic N) is 1. The Bertz CT molecular complexity index is 758. The van der Waals surface area contributed by atoms with Crippen LogP contribution in [0.15, 0.2) is 40.8 Å². The van der Waals surface area contributed by atoms with Crippen molar-refractivity contribution in [2.24, 2.45) is 0 Å². The summed E-state index contributed by atoms with van der Waals surface area (Å²) in [7, 11) is 1.68. The Morgan fingerprint density at radius 1 is 1.19 bits per heavy atom. The van der Waals surface area contributed by atoms with Crippen molar-refractivity contribution in [1.29, 1.82) is 0 Å². The first-order valence-corrected chi connectivity index (χ1v) is 8.98. The number of urea groups is 1. The van der Waals surface area contributed by atoms with E-state index in [1.165, 1.54) is 12.1 Å². The Hall–Kier alpha value is -2.83. The van der Waals surface area contributed by atoms with Crippen LogP contribution in [0, 0.1) is 12.7 Å². The Labute approximate surface area is 158 Å². The highest BCUT2D eigenvalue weighted by Crippen LogP contribution is 2.11. The monoisotopic (exact) mass is 375 g/mol. The van der Waals surface area contributed by atoms with Gasteiger partial charge in [0.05, 0.1) is 6.54 Å². The van der Waals surface area contributed by atoms with Crippen LogP contribution in [-0.4, -0.2) is 29.9 Å². The van der Waals surface area contributed by atoms with E-state index in [9.17, 15) is 14.0 Å². The van der Waals surface area contributed by atoms with Crippen molar-refractivity contribution in [2.75, 3.05) is 7.05 Å². The molecule has 27 heavy (non-hydrogen) atoms. The smallest absolute Gasteiger partial charge is 0.315 e. The van der Waals surface area contributed by atoms with Crippen LogP contribution in [0.5, 0.6) is 0 Å². The zero-order chi connectivity index (χ0) is 19.8. The van der Waals surface area contributed by atoms with Crippen molar-refractivity contribution in [3.8, 4) is 0 Å². The van der Waals surface area contributed by atoms with Crippen LogP contribution in [0.4, 0.5) is 9.18 Å². The average molecular weight is 375 g/mol. The third-order valence-corrected chi connectivity index (χ3v) is 4.11. The number of hydrogen-bond donors (Lipinski definition) is 2. The average Bonchev–Trinajstić information content (AvgIpc) is 3.05. The van der Waals surface area contributed by atoms with E-state index in [1.807, 2.05) is 26.0 Å². The summed E-state index contributed by atoms with van der Waals surface area (Å²) in [5.74, 6) is 0.975. The third-order valence-electron chi connectivity index (χ3n) is 4.11. The molecule has 1 aromatic carbocycles. The fourth-order valence-electron chi connectivity index (χ4n) is 2.69. The molecule has 1 heterocycles. The van der Waals surface area contributed by atoms with Gasteiger partial charge in [-0.2, -0.15) is 0 Å². The topological polar surface area (TPSA) is 74.6 Å². The molecular formula is C20H26FN3O3. The molecule has 1 atom stereocenters. The summed E-state index contributed by atoms with van der Waals surface area (Å²) in [6.07, 6.45) is 1.28. The standard InChI is InChI=1S/C20H26FN3O3/c1-4-5-18(19(25)24(3)13-17-11-6-14(2)27-17)23-20(26)22-12-15-7-9-16(21)10-8-15/h6-11,18H,4-5,12-13H2,1-3H3,(H2,22,23,26). The predicted octanol–water partition coefficient (Wildman–Crippen LogP) is 3.35. The Balaban J connectivity index is 1.89. The van der Waals surface area contributed by atoms with Crippen molar-refractivity contribution in [1.82, 2.24) is 15.5 Å². The Morgan fingerprint density at radius 3 is 2.48 bits per heavy atom. The molecule has 1 unspecified atom stereocenters. The number of nitrogens with one attached hydrogen (secondary N) is 2. The minimum absolute atomic E-state index is 0.178. The van der Waals surface area contributed by atoms with Crippen LogP contribution in [0.1, 0.15) is 36.8 Å². The molecular weight excluding hydrogens is 349 g/mol. The zero-order valence-corrected chi connectivity index (χ0v) is 15.9. The molecule has 1 aromatic heterocycles. The van der Waals surface area contributed by atoms with Gasteiger partial charge < -0.3 is 20.0 Å². The minimum Gasteiger partial charge on any atom is -0.464 e. The number of carbonyl (C=O) groups is 2. The molecule has 0 saturated carbocycles. The molecule has 0 radical (unpaired) electrons. The summed E-state index contributed by atoms with van der Waals surface area (Å²) >= 11 is 0. The molecule has 3 amide bonds. The maximum Gasteiger partial charge on any atom is 0.315 e. The van der Waals surface area contributed by atoms with E-state index in [0.29, 0.717) is 18.7 Å². The second kappa shape index (κ2) is 9.75. The van der Waals surface area contributed by atoms with Crippen molar-refractivity contribution in [2.45, 2.75) is 45.8 Å². The Kier molecular flexibility index (Phi) is 7.40. The highest BCUT2D eigenvalue weighted by Gasteiger charge is 2.23. The molecule has 0 saturated heterocycles. The summed E-state index contributed by atoms with van der Waals surface area (Å²) < 4.78 is 18.4. The highest BCUT2D eigenvalue weighted by atomic mass is 19.1. The van der Waals surface area contributed by atoms with Gasteiger partial charge in [0.25, 0.3) is 0 Å². The largest absolute Gasteiger partial charge is 0.464 e. The number of benzene rings is 1. The van der Waals surface area contributed by atoms with Crippen LogP contribution in [0.2, 0.25) is 0 Å². The number of hydrogen-bond acceptors (Lipinski definition) is 3. The SMILES string of the molecule is CCCC(NC(=O)NCc1ccc(F)cc1)C(=O)N(C)Cc1ccc(C)o1. The molecule has 0 spiro atoms. The lowest BCUT2D eigenvalue weighted by atomic mass is 10.1. The van der Waals surface area contributed by atoms with Gasteiger partial charge in [0.1, 0.15) is 23.4 Å². The lowest BCUT2D eigenvalue weighted by Gasteiger charge is -2.24. The van der Waals surface area contributed by atoms with Gasteiger partial charge in [-0.3, -0.25) is 4.79 Å². The number of carbonyl (C=O) groups excluding carboxylic acids is 2. The summed E-state index contributed by atoms with van der Waals surface area (Å²) in [6, 6.07) is 8.49. The normalized spacial score (nSPS) is 11.7. The maximum absolute atomic E-state index is 12.9. The number of likely N-dealkylation sites (N-methyl/N-ethyl adjacent to an activating group) is 1. The molecule has 2 rings (SSSR count). The molecule has 6 nitrogen and oxygen atoms in total. The van der Waals surface area contributed by atoms with E-state index in [0.717, 1.165) is 17.7 Å². The summed E-state index contributed by atoms with van der Waals surface area (Å²) in [5, 5.41) is 5.42. The third kappa shape index (κ3) is 6.44. The second-order valence-electron chi connectivity index (χ2n) is 6.50. The molecule has 2 aromatic rings.